The molecule has 0 bridgehead atoms. The van der Waals surface area contributed by atoms with Crippen LogP contribution in [0.1, 0.15) is 123 Å². The smallest absolute Gasteiger partial charge is 0.369 e. The summed E-state index contributed by atoms with van der Waals surface area (Å²) in [5.41, 5.74) is 16.5. The van der Waals surface area contributed by atoms with Crippen LogP contribution < -0.4 is 16.8 Å². The molecule has 4 aromatic carbocycles. The molecule has 2 saturated heterocycles. The van der Waals surface area contributed by atoms with Gasteiger partial charge in [0.1, 0.15) is 11.6 Å². The SMILES string of the molecule is CCN1CCC(c2ccc(Cc3ncc(C(F)(F)F)c(CCc4ccccc4CC(N)=O)n3)cc2)CC1.NC(=O)Cc1ccccc1CCc1nc(Cc2ccc(C3CCNCC3)cc2)ncc1C(F)(F)F. The Labute approximate surface area is 417 Å². The minimum atomic E-state index is -4.55. The fraction of sp³-hybridized carbons (Fsp3) is 0.393. The lowest BCUT2D eigenvalue weighted by Crippen LogP contribution is -2.32. The van der Waals surface area contributed by atoms with E-state index >= 15 is 0 Å². The molecule has 0 aliphatic carbocycles. The van der Waals surface area contributed by atoms with E-state index in [4.69, 9.17) is 11.5 Å². The van der Waals surface area contributed by atoms with Gasteiger partial charge in [-0.3, -0.25) is 9.59 Å². The number of halogens is 6. The van der Waals surface area contributed by atoms with Gasteiger partial charge in [-0.2, -0.15) is 26.3 Å². The predicted molar refractivity (Wildman–Crippen MR) is 265 cm³/mol. The van der Waals surface area contributed by atoms with Crippen molar-refractivity contribution in [1.29, 1.82) is 0 Å². The number of rotatable bonds is 17. The van der Waals surface area contributed by atoms with E-state index in [0.717, 1.165) is 104 Å². The number of amides is 2. The maximum absolute atomic E-state index is 13.7. The monoisotopic (exact) mass is 992 g/mol. The molecular formula is C56H62F6N8O2. The van der Waals surface area contributed by atoms with Gasteiger partial charge in [-0.25, -0.2) is 19.9 Å². The van der Waals surface area contributed by atoms with Gasteiger partial charge in [0, 0.05) is 25.2 Å². The number of alkyl halides is 6. The number of piperidine rings is 2. The van der Waals surface area contributed by atoms with Crippen molar-refractivity contribution in [2.24, 2.45) is 11.5 Å². The van der Waals surface area contributed by atoms with Crippen LogP contribution in [0.3, 0.4) is 0 Å². The lowest BCUT2D eigenvalue weighted by molar-refractivity contribution is -0.139. The molecule has 4 heterocycles. The van der Waals surface area contributed by atoms with Crippen molar-refractivity contribution < 1.29 is 35.9 Å². The number of carbonyl (C=O) groups is 2. The average molecular weight is 993 g/mol. The van der Waals surface area contributed by atoms with E-state index in [1.165, 1.54) is 11.1 Å². The summed E-state index contributed by atoms with van der Waals surface area (Å²) in [6.07, 6.45) is -1.23. The highest BCUT2D eigenvalue weighted by Crippen LogP contribution is 2.34. The Kier molecular flexibility index (Phi) is 18.3. The molecular weight excluding hydrogens is 931 g/mol. The van der Waals surface area contributed by atoms with Gasteiger partial charge in [-0.1, -0.05) is 104 Å². The van der Waals surface area contributed by atoms with Gasteiger partial charge in [-0.15, -0.1) is 0 Å². The molecule has 380 valence electrons. The quantitative estimate of drug-likeness (QED) is 0.0765. The number of aromatic nitrogens is 4. The van der Waals surface area contributed by atoms with E-state index in [1.807, 2.05) is 24.3 Å². The van der Waals surface area contributed by atoms with Crippen molar-refractivity contribution in [2.45, 2.75) is 108 Å². The molecule has 6 aromatic rings. The Bertz CT molecular complexity index is 2730. The Balaban J connectivity index is 0.000000212. The molecule has 0 spiro atoms. The summed E-state index contributed by atoms with van der Waals surface area (Å²) in [6, 6.07) is 30.8. The fourth-order valence-electron chi connectivity index (χ4n) is 9.69. The molecule has 5 N–H and O–H groups in total. The largest absolute Gasteiger partial charge is 0.419 e. The summed E-state index contributed by atoms with van der Waals surface area (Å²) < 4.78 is 82.1. The number of likely N-dealkylation sites (tertiary alicyclic amines) is 1. The van der Waals surface area contributed by atoms with Crippen molar-refractivity contribution in [2.75, 3.05) is 32.7 Å². The van der Waals surface area contributed by atoms with Gasteiger partial charge in [0.15, 0.2) is 0 Å². The number of nitrogens with one attached hydrogen (secondary N) is 1. The second-order valence-electron chi connectivity index (χ2n) is 18.7. The number of carbonyl (C=O) groups excluding carboxylic acids is 2. The highest BCUT2D eigenvalue weighted by atomic mass is 19.4. The summed E-state index contributed by atoms with van der Waals surface area (Å²) in [6.45, 7) is 7.52. The molecule has 16 heteroatoms. The van der Waals surface area contributed by atoms with E-state index < -0.39 is 35.3 Å². The lowest BCUT2D eigenvalue weighted by Gasteiger charge is -2.31. The van der Waals surface area contributed by atoms with Crippen LogP contribution in [0.25, 0.3) is 0 Å². The standard InChI is InChI=1S/C29H33F3N4O.C27H29F3N4O/c1-2-36-15-13-23(14-16-36)22-9-7-20(8-10-22)17-28-34-19-25(29(30,31)32)26(35-28)12-11-21-5-3-4-6-24(21)18-27(33)37;28-27(29,30)23-17-33-26(15-18-5-7-20(8-6-18)21-11-13-32-14-12-21)34-24(23)10-9-19-3-1-2-4-22(19)16-25(31)35/h3-10,19,23H,2,11-18H2,1H3,(H2,33,37);1-8,17,21,32H,9-16H2,(H2,31,35). The predicted octanol–water partition coefficient (Wildman–Crippen LogP) is 9.46. The Morgan fingerprint density at radius 3 is 1.33 bits per heavy atom. The molecule has 0 saturated carbocycles. The van der Waals surface area contributed by atoms with E-state index in [2.05, 4.69) is 61.3 Å². The van der Waals surface area contributed by atoms with Gasteiger partial charge in [-0.05, 0) is 140 Å². The molecule has 2 aromatic heterocycles. The maximum Gasteiger partial charge on any atom is 0.419 e. The molecule has 8 rings (SSSR count). The molecule has 2 amide bonds. The van der Waals surface area contributed by atoms with Gasteiger partial charge in [0.05, 0.1) is 35.4 Å². The minimum Gasteiger partial charge on any atom is -0.369 e. The number of hydrogen-bond acceptors (Lipinski definition) is 8. The van der Waals surface area contributed by atoms with E-state index in [1.54, 1.807) is 48.5 Å². The van der Waals surface area contributed by atoms with E-state index in [0.29, 0.717) is 49.2 Å². The Morgan fingerprint density at radius 2 is 0.958 bits per heavy atom. The van der Waals surface area contributed by atoms with Crippen LogP contribution in [0, 0.1) is 0 Å². The molecule has 2 fully saturated rings. The number of hydrogen-bond donors (Lipinski definition) is 3. The highest BCUT2D eigenvalue weighted by Gasteiger charge is 2.36. The normalized spacial score (nSPS) is 14.9. The van der Waals surface area contributed by atoms with Gasteiger partial charge in [0.2, 0.25) is 11.8 Å². The molecule has 0 unspecified atom stereocenters. The van der Waals surface area contributed by atoms with Crippen LogP contribution >= 0.6 is 0 Å². The Morgan fingerprint density at radius 1 is 0.569 bits per heavy atom. The molecule has 0 atom stereocenters. The summed E-state index contributed by atoms with van der Waals surface area (Å²) in [5.74, 6) is 0.833. The van der Waals surface area contributed by atoms with Crippen molar-refractivity contribution in [1.82, 2.24) is 30.2 Å². The minimum absolute atomic E-state index is 0.0364. The second-order valence-corrected chi connectivity index (χ2v) is 18.7. The topological polar surface area (TPSA) is 153 Å². The Hall–Kier alpha value is -6.52. The first-order valence-electron chi connectivity index (χ1n) is 24.7. The van der Waals surface area contributed by atoms with Crippen LogP contribution in [-0.2, 0) is 73.3 Å². The molecule has 72 heavy (non-hydrogen) atoms. The molecule has 2 aliphatic rings. The second kappa shape index (κ2) is 24.7. The van der Waals surface area contributed by atoms with Crippen LogP contribution in [0.15, 0.2) is 109 Å². The third-order valence-corrected chi connectivity index (χ3v) is 13.7. The zero-order valence-corrected chi connectivity index (χ0v) is 40.5. The zero-order chi connectivity index (χ0) is 51.3. The first kappa shape index (κ1) is 53.3. The van der Waals surface area contributed by atoms with Crippen LogP contribution in [-0.4, -0.2) is 69.4 Å². The fourth-order valence-corrected chi connectivity index (χ4v) is 9.69. The summed E-state index contributed by atoms with van der Waals surface area (Å²) >= 11 is 0. The van der Waals surface area contributed by atoms with Crippen LogP contribution in [0.4, 0.5) is 26.3 Å². The summed E-state index contributed by atoms with van der Waals surface area (Å²) in [4.78, 5) is 41.9. The van der Waals surface area contributed by atoms with Crippen molar-refractivity contribution in [3.63, 3.8) is 0 Å². The number of aryl methyl sites for hydroxylation is 4. The van der Waals surface area contributed by atoms with Crippen molar-refractivity contribution >= 4 is 11.8 Å². The van der Waals surface area contributed by atoms with E-state index in [9.17, 15) is 35.9 Å². The maximum atomic E-state index is 13.7. The molecule has 0 radical (unpaired) electrons. The summed E-state index contributed by atoms with van der Waals surface area (Å²) in [7, 11) is 0. The first-order valence-corrected chi connectivity index (χ1v) is 24.7. The van der Waals surface area contributed by atoms with Crippen LogP contribution in [0.5, 0.6) is 0 Å². The van der Waals surface area contributed by atoms with Gasteiger partial charge < -0.3 is 21.7 Å². The van der Waals surface area contributed by atoms with Gasteiger partial charge >= 0.3 is 12.4 Å². The van der Waals surface area contributed by atoms with Gasteiger partial charge in [0.25, 0.3) is 0 Å². The number of primary amides is 2. The molecule has 10 nitrogen and oxygen atoms in total. The molecule has 2 aliphatic heterocycles. The highest BCUT2D eigenvalue weighted by molar-refractivity contribution is 5.77. The number of nitrogens with zero attached hydrogens (tertiary/aromatic N) is 5. The average Bonchev–Trinajstić information content (AvgIpc) is 3.36. The van der Waals surface area contributed by atoms with E-state index in [-0.39, 0.29) is 37.1 Å². The third-order valence-electron chi connectivity index (χ3n) is 13.7. The number of nitrogens with two attached hydrogens (primary N) is 2. The van der Waals surface area contributed by atoms with Crippen molar-refractivity contribution in [3.05, 3.63) is 188 Å². The first-order chi connectivity index (χ1) is 34.5. The third kappa shape index (κ3) is 15.2. The number of benzene rings is 4. The lowest BCUT2D eigenvalue weighted by atomic mass is 9.89. The van der Waals surface area contributed by atoms with Crippen molar-refractivity contribution in [3.8, 4) is 0 Å². The zero-order valence-electron chi connectivity index (χ0n) is 40.5. The summed E-state index contributed by atoms with van der Waals surface area (Å²) in [5, 5.41) is 3.36. The van der Waals surface area contributed by atoms with Crippen LogP contribution in [0.2, 0.25) is 0 Å².